The van der Waals surface area contributed by atoms with Crippen LogP contribution in [0.25, 0.3) is 0 Å². The van der Waals surface area contributed by atoms with Gasteiger partial charge in [0.05, 0.1) is 0 Å². The molecule has 0 spiro atoms. The first-order chi connectivity index (χ1) is 6.27. The van der Waals surface area contributed by atoms with Gasteiger partial charge in [-0.1, -0.05) is 6.92 Å². The number of amides is 2. The van der Waals surface area contributed by atoms with Crippen LogP contribution in [0.4, 0.5) is 4.79 Å². The second-order valence-corrected chi connectivity index (χ2v) is 4.29. The molecule has 2 aliphatic heterocycles. The summed E-state index contributed by atoms with van der Waals surface area (Å²) >= 11 is 0. The van der Waals surface area contributed by atoms with Crippen molar-refractivity contribution in [2.24, 2.45) is 5.92 Å². The fraction of sp³-hybridized carbons (Fsp3) is 0.900. The van der Waals surface area contributed by atoms with E-state index in [0.717, 1.165) is 32.1 Å². The Kier molecular flexibility index (Phi) is 2.42. The van der Waals surface area contributed by atoms with Gasteiger partial charge in [-0.3, -0.25) is 0 Å². The van der Waals surface area contributed by atoms with Crippen molar-refractivity contribution in [3.8, 4) is 0 Å². The number of rotatable bonds is 0. The second-order valence-electron chi connectivity index (χ2n) is 4.29. The third-order valence-electron chi connectivity index (χ3n) is 3.18. The van der Waals surface area contributed by atoms with Gasteiger partial charge < -0.3 is 9.80 Å². The first-order valence-corrected chi connectivity index (χ1v) is 5.31. The Morgan fingerprint density at radius 3 is 2.08 bits per heavy atom. The average Bonchev–Trinajstić information content (AvgIpc) is 2.02. The van der Waals surface area contributed by atoms with Gasteiger partial charge in [-0.25, -0.2) is 4.79 Å². The van der Waals surface area contributed by atoms with E-state index < -0.39 is 0 Å². The molecule has 74 valence electrons. The zero-order valence-corrected chi connectivity index (χ0v) is 8.33. The third kappa shape index (κ3) is 1.79. The molecule has 0 aromatic rings. The van der Waals surface area contributed by atoms with Gasteiger partial charge in [-0.2, -0.15) is 0 Å². The third-order valence-corrected chi connectivity index (χ3v) is 3.18. The van der Waals surface area contributed by atoms with E-state index >= 15 is 0 Å². The Morgan fingerprint density at radius 1 is 1.08 bits per heavy atom. The van der Waals surface area contributed by atoms with Crippen LogP contribution in [0.5, 0.6) is 0 Å². The van der Waals surface area contributed by atoms with Gasteiger partial charge >= 0.3 is 6.03 Å². The molecule has 0 aromatic carbocycles. The fourth-order valence-corrected chi connectivity index (χ4v) is 1.91. The molecule has 2 fully saturated rings. The standard InChI is InChI=1S/C10H18N2O/c1-9-3-7-12(8-4-9)10(13)11-5-2-6-11/h9H,2-8H2,1H3. The summed E-state index contributed by atoms with van der Waals surface area (Å²) in [7, 11) is 0. The van der Waals surface area contributed by atoms with Gasteiger partial charge in [0.1, 0.15) is 0 Å². The Morgan fingerprint density at radius 2 is 1.62 bits per heavy atom. The molecule has 0 bridgehead atoms. The lowest BCUT2D eigenvalue weighted by Crippen LogP contribution is -2.51. The molecule has 2 rings (SSSR count). The molecule has 0 aromatic heterocycles. The second kappa shape index (κ2) is 3.56. The van der Waals surface area contributed by atoms with Crippen LogP contribution in [0.3, 0.4) is 0 Å². The molecular weight excluding hydrogens is 164 g/mol. The zero-order valence-electron chi connectivity index (χ0n) is 8.33. The van der Waals surface area contributed by atoms with Crippen molar-refractivity contribution in [3.05, 3.63) is 0 Å². The van der Waals surface area contributed by atoms with Gasteiger partial charge in [0.15, 0.2) is 0 Å². The highest BCUT2D eigenvalue weighted by Crippen LogP contribution is 2.18. The first kappa shape index (κ1) is 8.85. The molecule has 13 heavy (non-hydrogen) atoms. The summed E-state index contributed by atoms with van der Waals surface area (Å²) in [4.78, 5) is 15.7. The normalized spacial score (nSPS) is 24.4. The van der Waals surface area contributed by atoms with E-state index in [-0.39, 0.29) is 6.03 Å². The quantitative estimate of drug-likeness (QED) is 0.557. The van der Waals surface area contributed by atoms with E-state index in [1.54, 1.807) is 0 Å². The van der Waals surface area contributed by atoms with E-state index in [0.29, 0.717) is 0 Å². The highest BCUT2D eigenvalue weighted by atomic mass is 16.2. The minimum absolute atomic E-state index is 0.276. The Labute approximate surface area is 79.7 Å². The molecule has 3 heteroatoms. The van der Waals surface area contributed by atoms with Crippen LogP contribution in [0.15, 0.2) is 0 Å². The monoisotopic (exact) mass is 182 g/mol. The van der Waals surface area contributed by atoms with Crippen molar-refractivity contribution in [3.63, 3.8) is 0 Å². The topological polar surface area (TPSA) is 23.6 Å². The summed E-state index contributed by atoms with van der Waals surface area (Å²) < 4.78 is 0. The zero-order chi connectivity index (χ0) is 9.26. The summed E-state index contributed by atoms with van der Waals surface area (Å²) in [6.45, 7) is 6.16. The fourth-order valence-electron chi connectivity index (χ4n) is 1.91. The number of piperidine rings is 1. The smallest absolute Gasteiger partial charge is 0.319 e. The van der Waals surface area contributed by atoms with Gasteiger partial charge in [0.25, 0.3) is 0 Å². The highest BCUT2D eigenvalue weighted by Gasteiger charge is 2.27. The van der Waals surface area contributed by atoms with Crippen molar-refractivity contribution in [1.82, 2.24) is 9.80 Å². The van der Waals surface area contributed by atoms with E-state index in [1.807, 2.05) is 9.80 Å². The average molecular weight is 182 g/mol. The van der Waals surface area contributed by atoms with E-state index in [9.17, 15) is 4.79 Å². The van der Waals surface area contributed by atoms with Crippen LogP contribution in [-0.4, -0.2) is 42.0 Å². The Balaban J connectivity index is 1.83. The number of urea groups is 1. The molecule has 0 atom stereocenters. The van der Waals surface area contributed by atoms with Crippen LogP contribution >= 0.6 is 0 Å². The van der Waals surface area contributed by atoms with E-state index in [1.165, 1.54) is 19.3 Å². The highest BCUT2D eigenvalue weighted by molar-refractivity contribution is 5.75. The van der Waals surface area contributed by atoms with Crippen LogP contribution < -0.4 is 0 Å². The van der Waals surface area contributed by atoms with Gasteiger partial charge in [-0.05, 0) is 25.2 Å². The lowest BCUT2D eigenvalue weighted by atomic mass is 9.99. The van der Waals surface area contributed by atoms with Crippen LogP contribution in [-0.2, 0) is 0 Å². The van der Waals surface area contributed by atoms with Crippen LogP contribution in [0.2, 0.25) is 0 Å². The molecule has 0 saturated carbocycles. The maximum atomic E-state index is 11.7. The van der Waals surface area contributed by atoms with Gasteiger partial charge in [0, 0.05) is 26.2 Å². The lowest BCUT2D eigenvalue weighted by molar-refractivity contribution is 0.112. The SMILES string of the molecule is CC1CCN(C(=O)N2CCC2)CC1. The Bertz CT molecular complexity index is 193. The Hall–Kier alpha value is -0.730. The minimum Gasteiger partial charge on any atom is -0.325 e. The van der Waals surface area contributed by atoms with Crippen molar-refractivity contribution in [2.45, 2.75) is 26.2 Å². The van der Waals surface area contributed by atoms with E-state index in [2.05, 4.69) is 6.92 Å². The lowest BCUT2D eigenvalue weighted by Gasteiger charge is -2.38. The van der Waals surface area contributed by atoms with Crippen molar-refractivity contribution in [1.29, 1.82) is 0 Å². The molecule has 2 heterocycles. The largest absolute Gasteiger partial charge is 0.325 e. The van der Waals surface area contributed by atoms with Crippen molar-refractivity contribution >= 4 is 6.03 Å². The summed E-state index contributed by atoms with van der Waals surface area (Å²) in [5.41, 5.74) is 0. The predicted octanol–water partition coefficient (Wildman–Crippen LogP) is 1.54. The molecule has 3 nitrogen and oxygen atoms in total. The molecular formula is C10H18N2O. The molecule has 2 saturated heterocycles. The van der Waals surface area contributed by atoms with Crippen molar-refractivity contribution < 1.29 is 4.79 Å². The number of nitrogens with zero attached hydrogens (tertiary/aromatic N) is 2. The molecule has 0 aliphatic carbocycles. The molecule has 0 unspecified atom stereocenters. The van der Waals surface area contributed by atoms with Gasteiger partial charge in [0.2, 0.25) is 0 Å². The van der Waals surface area contributed by atoms with E-state index in [4.69, 9.17) is 0 Å². The van der Waals surface area contributed by atoms with Crippen molar-refractivity contribution in [2.75, 3.05) is 26.2 Å². The summed E-state index contributed by atoms with van der Waals surface area (Å²) in [5, 5.41) is 0. The van der Waals surface area contributed by atoms with Gasteiger partial charge in [-0.15, -0.1) is 0 Å². The number of hydrogen-bond donors (Lipinski definition) is 0. The molecule has 0 radical (unpaired) electrons. The number of carbonyl (C=O) groups is 1. The minimum atomic E-state index is 0.276. The summed E-state index contributed by atoms with van der Waals surface area (Å²) in [6, 6.07) is 0.276. The van der Waals surface area contributed by atoms with Crippen LogP contribution in [0.1, 0.15) is 26.2 Å². The number of hydrogen-bond acceptors (Lipinski definition) is 1. The number of likely N-dealkylation sites (tertiary alicyclic amines) is 2. The molecule has 0 N–H and O–H groups in total. The van der Waals surface area contributed by atoms with Crippen LogP contribution in [0, 0.1) is 5.92 Å². The maximum Gasteiger partial charge on any atom is 0.319 e. The molecule has 2 amide bonds. The first-order valence-electron chi connectivity index (χ1n) is 5.31. The number of carbonyl (C=O) groups excluding carboxylic acids is 1. The predicted molar refractivity (Wildman–Crippen MR) is 51.6 cm³/mol. The summed E-state index contributed by atoms with van der Waals surface area (Å²) in [5.74, 6) is 0.806. The molecule has 2 aliphatic rings. The summed E-state index contributed by atoms with van der Waals surface area (Å²) in [6.07, 6.45) is 3.55. The maximum absolute atomic E-state index is 11.7.